The quantitative estimate of drug-likeness (QED) is 0.150. The number of hydrogen-bond donors (Lipinski definition) is 1. The topological polar surface area (TPSA) is 138 Å². The molecule has 0 saturated heterocycles. The number of hydrogen-bond acceptors (Lipinski definition) is 8. The van der Waals surface area contributed by atoms with E-state index in [2.05, 4.69) is 15.4 Å². The molecular formula is C27H23N5O6. The first-order chi connectivity index (χ1) is 18.4. The second-order valence-corrected chi connectivity index (χ2v) is 8.00. The van der Waals surface area contributed by atoms with Gasteiger partial charge in [0.15, 0.2) is 6.10 Å². The van der Waals surface area contributed by atoms with Crippen molar-refractivity contribution in [2.45, 2.75) is 13.0 Å². The van der Waals surface area contributed by atoms with E-state index in [1.807, 2.05) is 36.4 Å². The number of aromatic nitrogens is 3. The third-order valence-electron chi connectivity index (χ3n) is 5.41. The van der Waals surface area contributed by atoms with Gasteiger partial charge in [0.25, 0.3) is 11.6 Å². The van der Waals surface area contributed by atoms with E-state index < -0.39 is 22.9 Å². The van der Waals surface area contributed by atoms with Crippen LogP contribution in [-0.4, -0.2) is 44.8 Å². The van der Waals surface area contributed by atoms with Crippen molar-refractivity contribution in [1.82, 2.24) is 14.8 Å². The van der Waals surface area contributed by atoms with Gasteiger partial charge in [0, 0.05) is 47.9 Å². The van der Waals surface area contributed by atoms with Crippen molar-refractivity contribution in [2.24, 2.45) is 0 Å². The second-order valence-electron chi connectivity index (χ2n) is 8.00. The van der Waals surface area contributed by atoms with Crippen LogP contribution in [0, 0.1) is 10.1 Å². The Bertz CT molecular complexity index is 1480. The number of nitrogens with zero attached hydrogens (tertiary/aromatic N) is 4. The first-order valence-electron chi connectivity index (χ1n) is 11.4. The molecule has 2 aromatic carbocycles. The number of amides is 1. The van der Waals surface area contributed by atoms with E-state index in [1.165, 1.54) is 32.2 Å². The zero-order valence-electron chi connectivity index (χ0n) is 20.5. The lowest BCUT2D eigenvalue weighted by atomic mass is 10.1. The Labute approximate surface area is 217 Å². The number of non-ortho nitro benzene ring substituents is 1. The van der Waals surface area contributed by atoms with E-state index in [4.69, 9.17) is 9.47 Å². The number of ether oxygens (including phenoxy) is 2. The summed E-state index contributed by atoms with van der Waals surface area (Å²) >= 11 is 0. The number of pyridine rings is 1. The number of rotatable bonds is 9. The van der Waals surface area contributed by atoms with Gasteiger partial charge in [0.1, 0.15) is 11.4 Å². The molecule has 38 heavy (non-hydrogen) atoms. The maximum atomic E-state index is 12.6. The molecule has 11 nitrogen and oxygen atoms in total. The molecule has 0 spiro atoms. The standard InChI is InChI=1S/C27H23N5O6/c1-18(27(34)29-23-15-22(32(35)36)11-12-24(23)37-2)38-25(33)13-10-20-17-31(21-8-4-3-5-9-21)30-26(20)19-7-6-14-28-16-19/h3-18H,1-2H3,(H,29,34)/b13-10+/t18-/m1/s1. The number of anilines is 1. The van der Waals surface area contributed by atoms with Gasteiger partial charge in [0.2, 0.25) is 0 Å². The number of para-hydroxylation sites is 1. The highest BCUT2D eigenvalue weighted by Crippen LogP contribution is 2.29. The lowest BCUT2D eigenvalue weighted by molar-refractivity contribution is -0.384. The summed E-state index contributed by atoms with van der Waals surface area (Å²) in [6, 6.07) is 16.9. The van der Waals surface area contributed by atoms with E-state index in [9.17, 15) is 19.7 Å². The Kier molecular flexibility index (Phi) is 7.87. The molecule has 0 aliphatic heterocycles. The Morgan fingerprint density at radius 3 is 2.61 bits per heavy atom. The van der Waals surface area contributed by atoms with Crippen molar-refractivity contribution in [1.29, 1.82) is 0 Å². The molecule has 192 valence electrons. The summed E-state index contributed by atoms with van der Waals surface area (Å²) in [6.45, 7) is 1.39. The summed E-state index contributed by atoms with van der Waals surface area (Å²) < 4.78 is 12.1. The molecule has 4 aromatic rings. The minimum Gasteiger partial charge on any atom is -0.495 e. The number of nitro benzene ring substituents is 1. The lowest BCUT2D eigenvalue weighted by Gasteiger charge is -2.14. The van der Waals surface area contributed by atoms with Gasteiger partial charge in [-0.15, -0.1) is 0 Å². The van der Waals surface area contributed by atoms with Gasteiger partial charge >= 0.3 is 5.97 Å². The first-order valence-corrected chi connectivity index (χ1v) is 11.4. The normalized spacial score (nSPS) is 11.6. The molecule has 1 atom stereocenters. The number of esters is 1. The van der Waals surface area contributed by atoms with Crippen molar-refractivity contribution >= 4 is 29.3 Å². The van der Waals surface area contributed by atoms with E-state index in [0.29, 0.717) is 11.3 Å². The van der Waals surface area contributed by atoms with Gasteiger partial charge in [-0.2, -0.15) is 5.10 Å². The summed E-state index contributed by atoms with van der Waals surface area (Å²) in [5.74, 6) is -1.22. The van der Waals surface area contributed by atoms with Crippen molar-refractivity contribution in [2.75, 3.05) is 12.4 Å². The third kappa shape index (κ3) is 6.08. The van der Waals surface area contributed by atoms with Crippen LogP contribution in [0.1, 0.15) is 12.5 Å². The molecule has 2 heterocycles. The molecule has 0 unspecified atom stereocenters. The number of methoxy groups -OCH3 is 1. The molecule has 0 radical (unpaired) electrons. The van der Waals surface area contributed by atoms with E-state index in [0.717, 1.165) is 17.3 Å². The van der Waals surface area contributed by atoms with E-state index in [-0.39, 0.29) is 17.1 Å². The highest BCUT2D eigenvalue weighted by atomic mass is 16.6. The molecule has 0 bridgehead atoms. The van der Waals surface area contributed by atoms with Gasteiger partial charge in [-0.1, -0.05) is 18.2 Å². The van der Waals surface area contributed by atoms with Crippen molar-refractivity contribution in [3.05, 3.63) is 101 Å². The predicted molar refractivity (Wildman–Crippen MR) is 140 cm³/mol. The summed E-state index contributed by atoms with van der Waals surface area (Å²) in [4.78, 5) is 39.8. The fourth-order valence-electron chi connectivity index (χ4n) is 3.52. The van der Waals surface area contributed by atoms with Gasteiger partial charge in [-0.3, -0.25) is 19.9 Å². The molecular weight excluding hydrogens is 490 g/mol. The summed E-state index contributed by atoms with van der Waals surface area (Å²) in [5.41, 5.74) is 2.69. The van der Waals surface area contributed by atoms with Crippen LogP contribution in [0.2, 0.25) is 0 Å². The zero-order chi connectivity index (χ0) is 27.1. The van der Waals surface area contributed by atoms with Crippen LogP contribution in [0.3, 0.4) is 0 Å². The predicted octanol–water partition coefficient (Wildman–Crippen LogP) is 4.43. The average molecular weight is 514 g/mol. The number of nitro groups is 1. The number of carbonyl (C=O) groups excluding carboxylic acids is 2. The fourth-order valence-corrected chi connectivity index (χ4v) is 3.52. The Morgan fingerprint density at radius 2 is 1.92 bits per heavy atom. The monoisotopic (exact) mass is 513 g/mol. The number of nitrogens with one attached hydrogen (secondary N) is 1. The Hall–Kier alpha value is -5.32. The van der Waals surface area contributed by atoms with Gasteiger partial charge in [-0.25, -0.2) is 9.48 Å². The maximum Gasteiger partial charge on any atom is 0.331 e. The average Bonchev–Trinajstić information content (AvgIpc) is 3.37. The van der Waals surface area contributed by atoms with Crippen LogP contribution in [0.5, 0.6) is 5.75 Å². The van der Waals surface area contributed by atoms with Crippen molar-refractivity contribution in [3.63, 3.8) is 0 Å². The van der Waals surface area contributed by atoms with Crippen molar-refractivity contribution in [3.8, 4) is 22.7 Å². The molecule has 4 rings (SSSR count). The minimum absolute atomic E-state index is 0.0829. The second kappa shape index (κ2) is 11.6. The zero-order valence-corrected chi connectivity index (χ0v) is 20.5. The smallest absolute Gasteiger partial charge is 0.331 e. The van der Waals surface area contributed by atoms with Crippen LogP contribution in [0.25, 0.3) is 23.0 Å². The highest BCUT2D eigenvalue weighted by molar-refractivity contribution is 5.98. The van der Waals surface area contributed by atoms with Crippen LogP contribution in [0.15, 0.2) is 85.3 Å². The van der Waals surface area contributed by atoms with Gasteiger partial charge in [-0.05, 0) is 43.3 Å². The van der Waals surface area contributed by atoms with E-state index >= 15 is 0 Å². The van der Waals surface area contributed by atoms with Crippen molar-refractivity contribution < 1.29 is 24.0 Å². The molecule has 1 amide bonds. The molecule has 1 N–H and O–H groups in total. The molecule has 11 heteroatoms. The third-order valence-corrected chi connectivity index (χ3v) is 5.41. The molecule has 0 saturated carbocycles. The number of carbonyl (C=O) groups is 2. The summed E-state index contributed by atoms with van der Waals surface area (Å²) in [7, 11) is 1.37. The SMILES string of the molecule is COc1ccc([N+](=O)[O-])cc1NC(=O)[C@@H](C)OC(=O)/C=C/c1cn(-c2ccccc2)nc1-c1cccnc1. The first kappa shape index (κ1) is 25.8. The lowest BCUT2D eigenvalue weighted by Crippen LogP contribution is -2.29. The summed E-state index contributed by atoms with van der Waals surface area (Å²) in [5, 5.41) is 18.2. The number of benzene rings is 2. The van der Waals surface area contributed by atoms with Gasteiger partial charge in [0.05, 0.1) is 23.4 Å². The largest absolute Gasteiger partial charge is 0.495 e. The van der Waals surface area contributed by atoms with Crippen LogP contribution in [0.4, 0.5) is 11.4 Å². The van der Waals surface area contributed by atoms with E-state index in [1.54, 1.807) is 35.4 Å². The van der Waals surface area contributed by atoms with Crippen LogP contribution < -0.4 is 10.1 Å². The Morgan fingerprint density at radius 1 is 1.13 bits per heavy atom. The molecule has 2 aromatic heterocycles. The molecule has 0 aliphatic carbocycles. The maximum absolute atomic E-state index is 12.6. The Balaban J connectivity index is 1.49. The molecule has 0 aliphatic rings. The van der Waals surface area contributed by atoms with Crippen LogP contribution >= 0.6 is 0 Å². The molecule has 0 fully saturated rings. The summed E-state index contributed by atoms with van der Waals surface area (Å²) in [6.07, 6.45) is 6.64. The van der Waals surface area contributed by atoms with Crippen LogP contribution in [-0.2, 0) is 14.3 Å². The minimum atomic E-state index is -1.19. The van der Waals surface area contributed by atoms with Gasteiger partial charge < -0.3 is 14.8 Å². The fraction of sp³-hybridized carbons (Fsp3) is 0.111. The highest BCUT2D eigenvalue weighted by Gasteiger charge is 2.20.